The minimum absolute atomic E-state index is 0. The van der Waals surface area contributed by atoms with Crippen LogP contribution in [0.2, 0.25) is 0 Å². The first-order chi connectivity index (χ1) is 11.2. The predicted molar refractivity (Wildman–Crippen MR) is 94.2 cm³/mol. The van der Waals surface area contributed by atoms with Crippen molar-refractivity contribution < 1.29 is 14.3 Å². The van der Waals surface area contributed by atoms with Crippen molar-refractivity contribution in [3.63, 3.8) is 0 Å². The number of amides is 2. The number of morpholine rings is 1. The smallest absolute Gasteiger partial charge is 0.254 e. The molecule has 24 heavy (non-hydrogen) atoms. The molecule has 2 aliphatic rings. The molecule has 2 heterocycles. The second kappa shape index (κ2) is 8.35. The van der Waals surface area contributed by atoms with Crippen molar-refractivity contribution in [2.45, 2.75) is 25.3 Å². The molecule has 1 atom stereocenters. The number of nitrogens with two attached hydrogens (primary N) is 1. The number of carbonyl (C=O) groups excluding carboxylic acids is 2. The molecule has 1 unspecified atom stereocenters. The summed E-state index contributed by atoms with van der Waals surface area (Å²) >= 11 is 0. The van der Waals surface area contributed by atoms with Gasteiger partial charge in [-0.15, -0.1) is 12.4 Å². The highest BCUT2D eigenvalue weighted by atomic mass is 35.5. The second-order valence-electron chi connectivity index (χ2n) is 6.07. The molecule has 0 bridgehead atoms. The highest BCUT2D eigenvalue weighted by Gasteiger charge is 2.35. The lowest BCUT2D eigenvalue weighted by Gasteiger charge is -2.38. The fourth-order valence-corrected chi connectivity index (χ4v) is 3.26. The van der Waals surface area contributed by atoms with E-state index < -0.39 is 0 Å². The van der Waals surface area contributed by atoms with Crippen molar-refractivity contribution in [1.29, 1.82) is 0 Å². The van der Waals surface area contributed by atoms with Crippen LogP contribution in [0.25, 0.3) is 0 Å². The summed E-state index contributed by atoms with van der Waals surface area (Å²) in [4.78, 5) is 29.2. The van der Waals surface area contributed by atoms with E-state index in [0.717, 1.165) is 19.3 Å². The standard InChI is InChI=1S/C17H23N3O3.ClH/c18-14-5-3-4-13(12-14)16(21)20-7-2-1-6-15(20)17(22)19-8-10-23-11-9-19;/h3-5,12,15H,1-2,6-11,18H2;1H. The monoisotopic (exact) mass is 353 g/mol. The van der Waals surface area contributed by atoms with Gasteiger partial charge in [0.15, 0.2) is 0 Å². The maximum absolute atomic E-state index is 12.8. The maximum atomic E-state index is 12.8. The van der Waals surface area contributed by atoms with Crippen molar-refractivity contribution in [3.8, 4) is 0 Å². The van der Waals surface area contributed by atoms with Gasteiger partial charge in [-0.05, 0) is 37.5 Å². The molecule has 7 heteroatoms. The molecule has 132 valence electrons. The van der Waals surface area contributed by atoms with Crippen LogP contribution >= 0.6 is 12.4 Å². The van der Waals surface area contributed by atoms with Crippen LogP contribution < -0.4 is 5.73 Å². The highest BCUT2D eigenvalue weighted by molar-refractivity contribution is 5.98. The third-order valence-corrected chi connectivity index (χ3v) is 4.51. The molecule has 0 saturated carbocycles. The average Bonchev–Trinajstić information content (AvgIpc) is 2.61. The molecule has 2 aliphatic heterocycles. The largest absolute Gasteiger partial charge is 0.399 e. The van der Waals surface area contributed by atoms with Gasteiger partial charge in [0.25, 0.3) is 5.91 Å². The first-order valence-electron chi connectivity index (χ1n) is 8.20. The summed E-state index contributed by atoms with van der Waals surface area (Å²) < 4.78 is 5.31. The Labute approximate surface area is 148 Å². The normalized spacial score (nSPS) is 21.1. The van der Waals surface area contributed by atoms with Gasteiger partial charge >= 0.3 is 0 Å². The third-order valence-electron chi connectivity index (χ3n) is 4.51. The Kier molecular flexibility index (Phi) is 6.45. The molecule has 1 aromatic carbocycles. The molecule has 1 aromatic rings. The summed E-state index contributed by atoms with van der Waals surface area (Å²) in [6.45, 7) is 2.98. The Morgan fingerprint density at radius 3 is 2.58 bits per heavy atom. The molecule has 0 radical (unpaired) electrons. The molecule has 0 aliphatic carbocycles. The number of hydrogen-bond acceptors (Lipinski definition) is 4. The molecule has 3 rings (SSSR count). The number of hydrogen-bond donors (Lipinski definition) is 1. The van der Waals surface area contributed by atoms with Gasteiger partial charge in [-0.2, -0.15) is 0 Å². The molecule has 0 aromatic heterocycles. The van der Waals surface area contributed by atoms with E-state index in [1.807, 2.05) is 4.90 Å². The summed E-state index contributed by atoms with van der Waals surface area (Å²) in [6.07, 6.45) is 2.63. The third kappa shape index (κ3) is 3.99. The van der Waals surface area contributed by atoms with E-state index in [2.05, 4.69) is 0 Å². The number of carbonyl (C=O) groups is 2. The molecule has 2 N–H and O–H groups in total. The number of rotatable bonds is 2. The quantitative estimate of drug-likeness (QED) is 0.818. The summed E-state index contributed by atoms with van der Waals surface area (Å²) in [5.74, 6) is -0.0612. The van der Waals surface area contributed by atoms with Crippen molar-refractivity contribution in [2.24, 2.45) is 0 Å². The lowest BCUT2D eigenvalue weighted by molar-refractivity contribution is -0.141. The number of piperidine rings is 1. The Bertz CT molecular complexity index is 590. The zero-order valence-electron chi connectivity index (χ0n) is 13.6. The number of nitrogen functional groups attached to an aromatic ring is 1. The van der Waals surface area contributed by atoms with Crippen LogP contribution in [0.5, 0.6) is 0 Å². The summed E-state index contributed by atoms with van der Waals surface area (Å²) in [6, 6.07) is 6.58. The Balaban J connectivity index is 0.00000208. The summed E-state index contributed by atoms with van der Waals surface area (Å²) in [7, 11) is 0. The van der Waals surface area contributed by atoms with Gasteiger partial charge in [0.05, 0.1) is 13.2 Å². The lowest BCUT2D eigenvalue weighted by Crippen LogP contribution is -2.55. The maximum Gasteiger partial charge on any atom is 0.254 e. The molecule has 6 nitrogen and oxygen atoms in total. The number of anilines is 1. The van der Waals surface area contributed by atoms with Gasteiger partial charge in [-0.25, -0.2) is 0 Å². The minimum atomic E-state index is -0.365. The molecule has 0 spiro atoms. The van der Waals surface area contributed by atoms with Crippen LogP contribution in [0.15, 0.2) is 24.3 Å². The Morgan fingerprint density at radius 1 is 1.12 bits per heavy atom. The van der Waals surface area contributed by atoms with E-state index in [1.165, 1.54) is 0 Å². The molecular weight excluding hydrogens is 330 g/mol. The highest BCUT2D eigenvalue weighted by Crippen LogP contribution is 2.22. The van der Waals surface area contributed by atoms with Crippen molar-refractivity contribution >= 4 is 29.9 Å². The van der Waals surface area contributed by atoms with Gasteiger partial charge in [-0.1, -0.05) is 6.07 Å². The summed E-state index contributed by atoms with van der Waals surface area (Å²) in [5, 5.41) is 0. The van der Waals surface area contributed by atoms with Crippen LogP contribution in [0.4, 0.5) is 5.69 Å². The number of ether oxygens (including phenoxy) is 1. The Hall–Kier alpha value is -1.79. The van der Waals surface area contributed by atoms with E-state index in [1.54, 1.807) is 29.2 Å². The number of benzene rings is 1. The second-order valence-corrected chi connectivity index (χ2v) is 6.07. The van der Waals surface area contributed by atoms with Crippen LogP contribution in [0.3, 0.4) is 0 Å². The van der Waals surface area contributed by atoms with Crippen LogP contribution in [0, 0.1) is 0 Å². The van der Waals surface area contributed by atoms with Crippen LogP contribution in [0.1, 0.15) is 29.6 Å². The van der Waals surface area contributed by atoms with Crippen molar-refractivity contribution in [1.82, 2.24) is 9.80 Å². The van der Waals surface area contributed by atoms with Gasteiger partial charge in [0.1, 0.15) is 6.04 Å². The Morgan fingerprint density at radius 2 is 1.88 bits per heavy atom. The molecular formula is C17H24ClN3O3. The van der Waals surface area contributed by atoms with Crippen molar-refractivity contribution in [2.75, 3.05) is 38.6 Å². The topological polar surface area (TPSA) is 75.9 Å². The van der Waals surface area contributed by atoms with Gasteiger partial charge < -0.3 is 20.3 Å². The van der Waals surface area contributed by atoms with Crippen LogP contribution in [-0.4, -0.2) is 60.5 Å². The average molecular weight is 354 g/mol. The molecule has 2 saturated heterocycles. The fourth-order valence-electron chi connectivity index (χ4n) is 3.26. The summed E-state index contributed by atoms with van der Waals surface area (Å²) in [5.41, 5.74) is 6.88. The predicted octanol–water partition coefficient (Wildman–Crippen LogP) is 1.54. The first-order valence-corrected chi connectivity index (χ1v) is 8.20. The van der Waals surface area contributed by atoms with E-state index in [-0.39, 0.29) is 30.3 Å². The fraction of sp³-hybridized carbons (Fsp3) is 0.529. The van der Waals surface area contributed by atoms with Gasteiger partial charge in [-0.3, -0.25) is 9.59 Å². The van der Waals surface area contributed by atoms with E-state index in [0.29, 0.717) is 44.1 Å². The zero-order chi connectivity index (χ0) is 16.2. The van der Waals surface area contributed by atoms with Crippen LogP contribution in [-0.2, 0) is 9.53 Å². The zero-order valence-corrected chi connectivity index (χ0v) is 14.5. The molecule has 2 fully saturated rings. The lowest BCUT2D eigenvalue weighted by atomic mass is 9.99. The first kappa shape index (κ1) is 18.5. The number of halogens is 1. The number of nitrogens with zero attached hydrogens (tertiary/aromatic N) is 2. The van der Waals surface area contributed by atoms with Gasteiger partial charge in [0.2, 0.25) is 5.91 Å². The SMILES string of the molecule is Cl.Nc1cccc(C(=O)N2CCCCC2C(=O)N2CCOCC2)c1. The van der Waals surface area contributed by atoms with Crippen molar-refractivity contribution in [3.05, 3.63) is 29.8 Å². The van der Waals surface area contributed by atoms with Gasteiger partial charge in [0, 0.05) is 30.9 Å². The minimum Gasteiger partial charge on any atom is -0.399 e. The van der Waals surface area contributed by atoms with E-state index in [9.17, 15) is 9.59 Å². The van der Waals surface area contributed by atoms with E-state index in [4.69, 9.17) is 10.5 Å². The van der Waals surface area contributed by atoms with E-state index >= 15 is 0 Å². The number of likely N-dealkylation sites (tertiary alicyclic amines) is 1. The molecule has 2 amide bonds.